The third-order valence-corrected chi connectivity index (χ3v) is 2.65. The molecular formula is C14H10N4O. The Morgan fingerprint density at radius 3 is 2.89 bits per heavy atom. The molecule has 2 aromatic heterocycles. The summed E-state index contributed by atoms with van der Waals surface area (Å²) in [5.74, 6) is 3.85. The van der Waals surface area contributed by atoms with Gasteiger partial charge in [-0.3, -0.25) is 0 Å². The van der Waals surface area contributed by atoms with Gasteiger partial charge in [-0.25, -0.2) is 4.98 Å². The summed E-state index contributed by atoms with van der Waals surface area (Å²) < 4.78 is 5.51. The Balaban J connectivity index is 2.08. The number of aromatic amines is 1. The summed E-state index contributed by atoms with van der Waals surface area (Å²) in [6.07, 6.45) is 8.46. The fourth-order valence-corrected chi connectivity index (χ4v) is 1.81. The molecule has 19 heavy (non-hydrogen) atoms. The van der Waals surface area contributed by atoms with Crippen LogP contribution in [0.2, 0.25) is 0 Å². The summed E-state index contributed by atoms with van der Waals surface area (Å²) in [6, 6.07) is 7.59. The van der Waals surface area contributed by atoms with E-state index in [1.54, 1.807) is 12.4 Å². The second-order valence-electron chi connectivity index (χ2n) is 3.86. The molecule has 3 rings (SSSR count). The molecule has 2 heterocycles. The number of nitrogens with zero attached hydrogens (tertiary/aromatic N) is 3. The van der Waals surface area contributed by atoms with E-state index in [9.17, 15) is 0 Å². The molecule has 0 unspecified atom stereocenters. The highest BCUT2D eigenvalue weighted by atomic mass is 16.5. The van der Waals surface area contributed by atoms with Gasteiger partial charge in [-0.05, 0) is 12.1 Å². The molecule has 3 aromatic rings. The number of rotatable bonds is 3. The van der Waals surface area contributed by atoms with Gasteiger partial charge in [0.2, 0.25) is 0 Å². The van der Waals surface area contributed by atoms with Crippen LogP contribution in [0.1, 0.15) is 0 Å². The van der Waals surface area contributed by atoms with E-state index >= 15 is 0 Å². The van der Waals surface area contributed by atoms with Gasteiger partial charge in [0.1, 0.15) is 23.7 Å². The van der Waals surface area contributed by atoms with E-state index in [-0.39, 0.29) is 6.61 Å². The van der Waals surface area contributed by atoms with Crippen LogP contribution in [0.4, 0.5) is 0 Å². The van der Waals surface area contributed by atoms with Gasteiger partial charge in [-0.2, -0.15) is 10.2 Å². The number of ether oxygens (including phenoxy) is 1. The van der Waals surface area contributed by atoms with Crippen molar-refractivity contribution in [3.05, 3.63) is 36.7 Å². The van der Waals surface area contributed by atoms with Crippen molar-refractivity contribution >= 4 is 11.0 Å². The number of aromatic nitrogens is 4. The number of para-hydroxylation sites is 1. The Kier molecular flexibility index (Phi) is 2.83. The molecule has 0 radical (unpaired) electrons. The lowest BCUT2D eigenvalue weighted by molar-refractivity contribution is 0.371. The minimum Gasteiger partial charge on any atom is -0.480 e. The second-order valence-corrected chi connectivity index (χ2v) is 3.86. The Morgan fingerprint density at radius 2 is 2.05 bits per heavy atom. The van der Waals surface area contributed by atoms with Gasteiger partial charge in [-0.1, -0.05) is 18.1 Å². The zero-order chi connectivity index (χ0) is 13.1. The van der Waals surface area contributed by atoms with Crippen molar-refractivity contribution in [3.8, 4) is 29.5 Å². The smallest absolute Gasteiger partial charge is 0.148 e. The fraction of sp³-hybridized carbons (Fsp3) is 0.0714. The van der Waals surface area contributed by atoms with E-state index < -0.39 is 0 Å². The average Bonchev–Trinajstić information content (AvgIpc) is 2.89. The van der Waals surface area contributed by atoms with Crippen molar-refractivity contribution in [1.29, 1.82) is 0 Å². The third kappa shape index (κ3) is 2.11. The highest BCUT2D eigenvalue weighted by Gasteiger charge is 2.10. The van der Waals surface area contributed by atoms with Gasteiger partial charge in [0.25, 0.3) is 0 Å². The number of terminal acetylenes is 1. The van der Waals surface area contributed by atoms with Crippen LogP contribution in [0.25, 0.3) is 22.4 Å². The summed E-state index contributed by atoms with van der Waals surface area (Å²) in [5, 5.41) is 7.61. The van der Waals surface area contributed by atoms with Crippen molar-refractivity contribution in [3.63, 3.8) is 0 Å². The van der Waals surface area contributed by atoms with Crippen molar-refractivity contribution in [2.24, 2.45) is 0 Å². The first-order chi connectivity index (χ1) is 9.38. The van der Waals surface area contributed by atoms with Crippen LogP contribution < -0.4 is 4.74 Å². The minimum atomic E-state index is 0.223. The number of benzene rings is 1. The van der Waals surface area contributed by atoms with Gasteiger partial charge < -0.3 is 9.72 Å². The number of imidazole rings is 1. The number of fused-ring (bicyclic) bond motifs is 1. The molecule has 1 aromatic carbocycles. The van der Waals surface area contributed by atoms with E-state index in [4.69, 9.17) is 11.2 Å². The molecular weight excluding hydrogens is 240 g/mol. The minimum absolute atomic E-state index is 0.223. The molecule has 0 aliphatic heterocycles. The number of nitrogens with one attached hydrogen (secondary N) is 1. The maximum absolute atomic E-state index is 5.51. The average molecular weight is 250 g/mol. The molecule has 0 atom stereocenters. The van der Waals surface area contributed by atoms with Crippen LogP contribution in [-0.4, -0.2) is 26.8 Å². The van der Waals surface area contributed by atoms with E-state index in [0.29, 0.717) is 11.6 Å². The Hall–Kier alpha value is -2.87. The van der Waals surface area contributed by atoms with Crippen molar-refractivity contribution in [1.82, 2.24) is 20.2 Å². The zero-order valence-electron chi connectivity index (χ0n) is 10.00. The van der Waals surface area contributed by atoms with Crippen LogP contribution in [0.15, 0.2) is 36.7 Å². The number of H-pyrrole nitrogens is 1. The topological polar surface area (TPSA) is 63.7 Å². The lowest BCUT2D eigenvalue weighted by atomic mass is 10.2. The maximum Gasteiger partial charge on any atom is 0.148 e. The van der Waals surface area contributed by atoms with E-state index in [1.807, 2.05) is 24.3 Å². The molecule has 5 heteroatoms. The lowest BCUT2D eigenvalue weighted by Crippen LogP contribution is -1.96. The van der Waals surface area contributed by atoms with Crippen LogP contribution in [-0.2, 0) is 0 Å². The quantitative estimate of drug-likeness (QED) is 0.722. The molecule has 0 amide bonds. The normalized spacial score (nSPS) is 10.3. The van der Waals surface area contributed by atoms with Gasteiger partial charge >= 0.3 is 0 Å². The molecule has 0 saturated carbocycles. The van der Waals surface area contributed by atoms with Gasteiger partial charge in [0.15, 0.2) is 0 Å². The van der Waals surface area contributed by atoms with Gasteiger partial charge in [0.05, 0.1) is 23.5 Å². The third-order valence-electron chi connectivity index (χ3n) is 2.65. The largest absolute Gasteiger partial charge is 0.480 e. The van der Waals surface area contributed by atoms with Crippen LogP contribution in [0.3, 0.4) is 0 Å². The highest BCUT2D eigenvalue weighted by Crippen LogP contribution is 2.28. The molecule has 1 N–H and O–H groups in total. The molecule has 0 fully saturated rings. The molecule has 0 aliphatic carbocycles. The standard InChI is InChI=1S/C14H10N4O/c1-2-7-19-13-6-4-3-5-10(13)14-17-11-8-15-16-9-12(11)18-14/h1,3-6,8-9H,7H2,(H,17,18). The SMILES string of the molecule is C#CCOc1ccccc1-c1nc2cnncc2[nH]1. The Morgan fingerprint density at radius 1 is 1.21 bits per heavy atom. The van der Waals surface area contributed by atoms with E-state index in [1.165, 1.54) is 0 Å². The summed E-state index contributed by atoms with van der Waals surface area (Å²) in [5.41, 5.74) is 2.45. The number of hydrogen-bond donors (Lipinski definition) is 1. The predicted molar refractivity (Wildman–Crippen MR) is 71.4 cm³/mol. The van der Waals surface area contributed by atoms with E-state index in [0.717, 1.165) is 16.6 Å². The fourth-order valence-electron chi connectivity index (χ4n) is 1.81. The number of hydrogen-bond acceptors (Lipinski definition) is 4. The van der Waals surface area contributed by atoms with Crippen LogP contribution >= 0.6 is 0 Å². The van der Waals surface area contributed by atoms with Crippen LogP contribution in [0, 0.1) is 12.3 Å². The Labute approximate surface area is 109 Å². The first kappa shape index (κ1) is 11.2. The van der Waals surface area contributed by atoms with Crippen molar-refractivity contribution in [2.45, 2.75) is 0 Å². The molecule has 0 saturated heterocycles. The molecule has 92 valence electrons. The molecule has 0 aliphatic rings. The predicted octanol–water partition coefficient (Wildman–Crippen LogP) is 2.03. The summed E-state index contributed by atoms with van der Waals surface area (Å²) in [7, 11) is 0. The highest BCUT2D eigenvalue weighted by molar-refractivity contribution is 5.79. The molecule has 5 nitrogen and oxygen atoms in total. The first-order valence-corrected chi connectivity index (χ1v) is 5.70. The lowest BCUT2D eigenvalue weighted by Gasteiger charge is -2.06. The maximum atomic E-state index is 5.51. The van der Waals surface area contributed by atoms with Crippen molar-refractivity contribution in [2.75, 3.05) is 6.61 Å². The summed E-state index contributed by atoms with van der Waals surface area (Å²) in [4.78, 5) is 7.65. The van der Waals surface area contributed by atoms with E-state index in [2.05, 4.69) is 26.1 Å². The molecule has 0 bridgehead atoms. The summed E-state index contributed by atoms with van der Waals surface area (Å²) >= 11 is 0. The molecule has 0 spiro atoms. The van der Waals surface area contributed by atoms with Gasteiger partial charge in [0, 0.05) is 0 Å². The van der Waals surface area contributed by atoms with Crippen molar-refractivity contribution < 1.29 is 4.74 Å². The second kappa shape index (κ2) is 4.78. The Bertz CT molecular complexity index is 724. The van der Waals surface area contributed by atoms with Crippen LogP contribution in [0.5, 0.6) is 5.75 Å². The first-order valence-electron chi connectivity index (χ1n) is 5.70. The summed E-state index contributed by atoms with van der Waals surface area (Å²) in [6.45, 7) is 0.223. The zero-order valence-corrected chi connectivity index (χ0v) is 10.00. The monoisotopic (exact) mass is 250 g/mol. The van der Waals surface area contributed by atoms with Gasteiger partial charge in [-0.15, -0.1) is 6.42 Å².